The minimum absolute atomic E-state index is 0.0645. The molecule has 0 saturated carbocycles. The number of hydrogen-bond donors (Lipinski definition) is 2. The second kappa shape index (κ2) is 7.38. The molecule has 1 aromatic rings. The zero-order valence-electron chi connectivity index (χ0n) is 10.4. The van der Waals surface area contributed by atoms with E-state index in [1.54, 1.807) is 0 Å². The van der Waals surface area contributed by atoms with Gasteiger partial charge in [0, 0.05) is 29.4 Å². The molecule has 120 valence electrons. The van der Waals surface area contributed by atoms with Gasteiger partial charge >= 0.3 is 5.51 Å². The summed E-state index contributed by atoms with van der Waals surface area (Å²) in [6.45, 7) is -0.450. The van der Waals surface area contributed by atoms with E-state index < -0.39 is 21.3 Å². The van der Waals surface area contributed by atoms with Crippen LogP contribution in [-0.4, -0.2) is 26.2 Å². The normalized spacial score (nSPS) is 12.7. The highest BCUT2D eigenvalue weighted by Crippen LogP contribution is 2.31. The predicted molar refractivity (Wildman–Crippen MR) is 78.1 cm³/mol. The number of thioether (sulfide) groups is 1. The summed E-state index contributed by atoms with van der Waals surface area (Å²) in [5.41, 5.74) is 1.27. The second-order valence-corrected chi connectivity index (χ2v) is 7.41. The molecule has 11 heteroatoms. The first kappa shape index (κ1) is 18.9. The van der Waals surface area contributed by atoms with Crippen LogP contribution in [-0.2, 0) is 16.6 Å². The first-order valence-corrected chi connectivity index (χ1v) is 8.68. The molecule has 0 aliphatic rings. The lowest BCUT2D eigenvalue weighted by molar-refractivity contribution is -0.0327. The topological polar surface area (TPSA) is 72.2 Å². The Morgan fingerprint density at radius 1 is 1.29 bits per heavy atom. The third-order valence-electron chi connectivity index (χ3n) is 2.30. The maximum Gasteiger partial charge on any atom is 0.441 e. The van der Waals surface area contributed by atoms with E-state index in [2.05, 4.69) is 0 Å². The van der Waals surface area contributed by atoms with Crippen LogP contribution in [0, 0.1) is 0 Å². The van der Waals surface area contributed by atoms with Gasteiger partial charge in [-0.2, -0.15) is 13.2 Å². The molecule has 0 atom stereocenters. The van der Waals surface area contributed by atoms with Crippen LogP contribution in [0.5, 0.6) is 0 Å². The molecule has 4 nitrogen and oxygen atoms in total. The fraction of sp³-hybridized carbons (Fsp3) is 0.400. The molecule has 0 unspecified atom stereocenters. The van der Waals surface area contributed by atoms with Crippen LogP contribution in [0.25, 0.3) is 0 Å². The van der Waals surface area contributed by atoms with Gasteiger partial charge in [0.15, 0.2) is 0 Å². The number of nitrogens with one attached hydrogen (secondary N) is 1. The summed E-state index contributed by atoms with van der Waals surface area (Å²) in [5, 5.41) is 0.0788. The molecule has 0 heterocycles. The van der Waals surface area contributed by atoms with Crippen LogP contribution < -0.4 is 10.5 Å². The molecule has 0 saturated heterocycles. The molecule has 0 fully saturated rings. The minimum atomic E-state index is -4.41. The van der Waals surface area contributed by atoms with E-state index in [4.69, 9.17) is 28.9 Å². The highest BCUT2D eigenvalue weighted by atomic mass is 35.5. The Labute approximate surface area is 134 Å². The zero-order chi connectivity index (χ0) is 16.3. The van der Waals surface area contributed by atoms with Crippen molar-refractivity contribution in [3.05, 3.63) is 27.7 Å². The average molecular weight is 383 g/mol. The quantitative estimate of drug-likeness (QED) is 0.741. The van der Waals surface area contributed by atoms with Crippen LogP contribution in [0.1, 0.15) is 5.56 Å². The largest absolute Gasteiger partial charge is 0.441 e. The number of benzene rings is 1. The third-order valence-corrected chi connectivity index (χ3v) is 5.44. The van der Waals surface area contributed by atoms with E-state index in [0.717, 1.165) is 0 Å². The summed E-state index contributed by atoms with van der Waals surface area (Å²) < 4.78 is 61.8. The van der Waals surface area contributed by atoms with Crippen LogP contribution >= 0.6 is 35.0 Å². The Hall–Kier alpha value is -0.190. The monoisotopic (exact) mass is 382 g/mol. The Kier molecular flexibility index (Phi) is 6.63. The van der Waals surface area contributed by atoms with Crippen molar-refractivity contribution in [3.8, 4) is 0 Å². The molecule has 0 spiro atoms. The Morgan fingerprint density at radius 2 is 1.90 bits per heavy atom. The molecule has 1 aromatic carbocycles. The molecule has 0 aliphatic heterocycles. The maximum atomic E-state index is 12.0. The van der Waals surface area contributed by atoms with Crippen molar-refractivity contribution in [3.63, 3.8) is 0 Å². The lowest BCUT2D eigenvalue weighted by Gasteiger charge is -2.12. The number of halogens is 5. The molecule has 0 aromatic heterocycles. The molecule has 21 heavy (non-hydrogen) atoms. The summed E-state index contributed by atoms with van der Waals surface area (Å²) in [4.78, 5) is -0.272. The van der Waals surface area contributed by atoms with Crippen molar-refractivity contribution in [2.45, 2.75) is 16.9 Å². The van der Waals surface area contributed by atoms with Crippen molar-refractivity contribution in [2.24, 2.45) is 5.73 Å². The lowest BCUT2D eigenvalue weighted by atomic mass is 10.2. The van der Waals surface area contributed by atoms with Crippen LogP contribution in [0.2, 0.25) is 10.0 Å². The van der Waals surface area contributed by atoms with E-state index in [-0.39, 0.29) is 45.4 Å². The van der Waals surface area contributed by atoms with Gasteiger partial charge in [-0.05, 0) is 23.9 Å². The van der Waals surface area contributed by atoms with Crippen molar-refractivity contribution in [1.29, 1.82) is 0 Å². The van der Waals surface area contributed by atoms with Gasteiger partial charge in [-0.25, -0.2) is 13.1 Å². The number of rotatable bonds is 6. The molecule has 1 rings (SSSR count). The third kappa shape index (κ3) is 5.50. The Balaban J connectivity index is 2.84. The van der Waals surface area contributed by atoms with Crippen molar-refractivity contribution < 1.29 is 21.6 Å². The van der Waals surface area contributed by atoms with E-state index in [1.165, 1.54) is 12.1 Å². The van der Waals surface area contributed by atoms with Crippen LogP contribution in [0.15, 0.2) is 17.0 Å². The minimum Gasteiger partial charge on any atom is -0.326 e. The number of alkyl halides is 3. The van der Waals surface area contributed by atoms with Gasteiger partial charge in [-0.3, -0.25) is 0 Å². The maximum absolute atomic E-state index is 12.0. The molecule has 3 N–H and O–H groups in total. The van der Waals surface area contributed by atoms with Crippen molar-refractivity contribution in [1.82, 2.24) is 4.72 Å². The van der Waals surface area contributed by atoms with E-state index in [9.17, 15) is 21.6 Å². The van der Waals surface area contributed by atoms with Gasteiger partial charge in [-0.15, -0.1) is 0 Å². The first-order chi connectivity index (χ1) is 9.58. The zero-order valence-corrected chi connectivity index (χ0v) is 13.5. The number of nitrogens with two attached hydrogens (primary N) is 1. The molecule has 0 radical (unpaired) electrons. The Morgan fingerprint density at radius 3 is 2.43 bits per heavy atom. The summed E-state index contributed by atoms with van der Waals surface area (Å²) in [6.07, 6.45) is 0. The van der Waals surface area contributed by atoms with Gasteiger partial charge in [0.2, 0.25) is 10.0 Å². The van der Waals surface area contributed by atoms with Gasteiger partial charge < -0.3 is 5.73 Å². The SMILES string of the molecule is NCc1c(Cl)ccc(S(=O)(=O)NCCSC(F)(F)F)c1Cl. The van der Waals surface area contributed by atoms with Crippen molar-refractivity contribution >= 4 is 45.0 Å². The first-order valence-electron chi connectivity index (χ1n) is 5.46. The summed E-state index contributed by atoms with van der Waals surface area (Å²) in [5.74, 6) is -0.447. The average Bonchev–Trinajstić information content (AvgIpc) is 2.34. The fourth-order valence-corrected chi connectivity index (χ4v) is 3.92. The summed E-state index contributed by atoms with van der Waals surface area (Å²) >= 11 is 11.4. The smallest absolute Gasteiger partial charge is 0.326 e. The lowest BCUT2D eigenvalue weighted by Crippen LogP contribution is -2.27. The van der Waals surface area contributed by atoms with Gasteiger partial charge in [0.25, 0.3) is 0 Å². The Bertz CT molecular complexity index is 609. The second-order valence-electron chi connectivity index (χ2n) is 3.73. The molecule has 0 aliphatic carbocycles. The van der Waals surface area contributed by atoms with Gasteiger partial charge in [-0.1, -0.05) is 23.2 Å². The molecule has 0 bridgehead atoms. The number of sulfonamides is 1. The van der Waals surface area contributed by atoms with Gasteiger partial charge in [0.1, 0.15) is 4.90 Å². The van der Waals surface area contributed by atoms with Crippen LogP contribution in [0.3, 0.4) is 0 Å². The molecular weight excluding hydrogens is 372 g/mol. The summed E-state index contributed by atoms with van der Waals surface area (Å²) in [7, 11) is -4.03. The highest BCUT2D eigenvalue weighted by molar-refractivity contribution is 8.00. The van der Waals surface area contributed by atoms with E-state index >= 15 is 0 Å². The number of hydrogen-bond acceptors (Lipinski definition) is 4. The highest BCUT2D eigenvalue weighted by Gasteiger charge is 2.28. The standard InChI is InChI=1S/C10H11Cl2F3N2O2S2/c11-7-1-2-8(9(12)6(7)5-16)21(18,19)17-3-4-20-10(13,14)15/h1-2,17H,3-5,16H2. The van der Waals surface area contributed by atoms with E-state index in [1.807, 2.05) is 4.72 Å². The van der Waals surface area contributed by atoms with Crippen LogP contribution in [0.4, 0.5) is 13.2 Å². The van der Waals surface area contributed by atoms with Gasteiger partial charge in [0.05, 0.1) is 5.02 Å². The van der Waals surface area contributed by atoms with Crippen molar-refractivity contribution in [2.75, 3.05) is 12.3 Å². The predicted octanol–water partition coefficient (Wildman–Crippen LogP) is 2.98. The summed E-state index contributed by atoms with van der Waals surface area (Å²) in [6, 6.07) is 2.48. The van der Waals surface area contributed by atoms with E-state index in [0.29, 0.717) is 0 Å². The fourth-order valence-electron chi connectivity index (χ4n) is 1.39. The molecular formula is C10H11Cl2F3N2O2S2. The molecule has 0 amide bonds.